The monoisotopic (exact) mass is 378 g/mol. The summed E-state index contributed by atoms with van der Waals surface area (Å²) in [6, 6.07) is 7.81. The topological polar surface area (TPSA) is 70.1 Å². The number of carbonyl (C=O) groups is 2. The number of hydrogen-bond acceptors (Lipinski definition) is 4. The molecule has 3 aliphatic heterocycles. The number of carboxylic acids is 1. The molecule has 1 amide bonds. The summed E-state index contributed by atoms with van der Waals surface area (Å²) in [5.41, 5.74) is 1.20. The number of rotatable bonds is 4. The van der Waals surface area contributed by atoms with E-state index in [0.29, 0.717) is 13.1 Å². The lowest BCUT2D eigenvalue weighted by atomic mass is 9.78. The van der Waals surface area contributed by atoms with Crippen LogP contribution < -0.4 is 0 Å². The van der Waals surface area contributed by atoms with Gasteiger partial charge in [0.15, 0.2) is 0 Å². The molecule has 0 aromatic heterocycles. The minimum Gasteiger partial charge on any atom is -0.481 e. The highest BCUT2D eigenvalue weighted by Crippen LogP contribution is 2.44. The Kier molecular flexibility index (Phi) is 4.90. The van der Waals surface area contributed by atoms with E-state index in [1.54, 1.807) is 0 Å². The maximum absolute atomic E-state index is 13.0. The van der Waals surface area contributed by atoms with Crippen LogP contribution in [0.2, 0.25) is 5.02 Å². The largest absolute Gasteiger partial charge is 0.481 e. The number of amides is 1. The number of aliphatic carboxylic acids is 1. The van der Waals surface area contributed by atoms with Crippen LogP contribution in [0, 0.1) is 11.8 Å². The third kappa shape index (κ3) is 3.33. The first-order valence-corrected chi connectivity index (χ1v) is 9.54. The Labute approximate surface area is 157 Å². The van der Waals surface area contributed by atoms with Gasteiger partial charge in [0.2, 0.25) is 5.91 Å². The van der Waals surface area contributed by atoms with Crippen molar-refractivity contribution in [3.8, 4) is 0 Å². The van der Waals surface area contributed by atoms with E-state index in [-0.39, 0.29) is 18.1 Å². The van der Waals surface area contributed by atoms with Gasteiger partial charge in [-0.1, -0.05) is 23.7 Å². The van der Waals surface area contributed by atoms with Gasteiger partial charge in [0.05, 0.1) is 24.0 Å². The van der Waals surface area contributed by atoms with E-state index >= 15 is 0 Å². The summed E-state index contributed by atoms with van der Waals surface area (Å²) in [7, 11) is 0. The summed E-state index contributed by atoms with van der Waals surface area (Å²) >= 11 is 5.92. The van der Waals surface area contributed by atoms with Crippen LogP contribution in [0.5, 0.6) is 0 Å². The maximum Gasteiger partial charge on any atom is 0.310 e. The van der Waals surface area contributed by atoms with Crippen LogP contribution >= 0.6 is 11.6 Å². The fraction of sp³-hybridized carbons (Fsp3) is 0.579. The number of piperazine rings is 1. The van der Waals surface area contributed by atoms with Gasteiger partial charge in [-0.2, -0.15) is 0 Å². The minimum absolute atomic E-state index is 0.0456. The lowest BCUT2D eigenvalue weighted by Gasteiger charge is -2.37. The third-order valence-corrected chi connectivity index (χ3v) is 6.10. The van der Waals surface area contributed by atoms with Crippen LogP contribution in [-0.2, 0) is 20.9 Å². The zero-order valence-corrected chi connectivity index (χ0v) is 15.3. The summed E-state index contributed by atoms with van der Waals surface area (Å²) in [6.45, 7) is 3.66. The molecule has 3 aliphatic rings. The highest BCUT2D eigenvalue weighted by atomic mass is 35.5. The molecule has 6 nitrogen and oxygen atoms in total. The average Bonchev–Trinajstić information content (AvgIpc) is 3.25. The van der Waals surface area contributed by atoms with Crippen molar-refractivity contribution in [2.24, 2.45) is 11.8 Å². The Hall–Kier alpha value is -1.63. The molecule has 0 saturated carbocycles. The molecule has 26 heavy (non-hydrogen) atoms. The summed E-state index contributed by atoms with van der Waals surface area (Å²) in [5, 5.41) is 10.2. The smallest absolute Gasteiger partial charge is 0.310 e. The summed E-state index contributed by atoms with van der Waals surface area (Å²) in [4.78, 5) is 28.7. The summed E-state index contributed by atoms with van der Waals surface area (Å²) in [5.74, 6) is -2.16. The number of ether oxygens (including phenoxy) is 1. The molecule has 3 fully saturated rings. The van der Waals surface area contributed by atoms with Crippen molar-refractivity contribution in [1.29, 1.82) is 0 Å². The van der Waals surface area contributed by atoms with Crippen LogP contribution in [0.15, 0.2) is 24.3 Å². The molecule has 0 spiro atoms. The van der Waals surface area contributed by atoms with Crippen molar-refractivity contribution in [3.05, 3.63) is 34.9 Å². The normalized spacial score (nSPS) is 31.3. The third-order valence-electron chi connectivity index (χ3n) is 5.85. The molecule has 0 aliphatic carbocycles. The van der Waals surface area contributed by atoms with Crippen molar-refractivity contribution in [3.63, 3.8) is 0 Å². The van der Waals surface area contributed by atoms with E-state index in [1.165, 1.54) is 5.56 Å². The summed E-state index contributed by atoms with van der Waals surface area (Å²) in [6.07, 6.45) is 1.03. The molecule has 140 valence electrons. The molecule has 4 rings (SSSR count). The molecule has 2 bridgehead atoms. The molecule has 3 heterocycles. The first-order chi connectivity index (χ1) is 12.5. The minimum atomic E-state index is -0.906. The second-order valence-corrected chi connectivity index (χ2v) is 7.84. The number of nitrogens with zero attached hydrogens (tertiary/aromatic N) is 2. The van der Waals surface area contributed by atoms with Gasteiger partial charge >= 0.3 is 5.97 Å². The predicted molar refractivity (Wildman–Crippen MR) is 95.8 cm³/mol. The molecule has 0 radical (unpaired) electrons. The van der Waals surface area contributed by atoms with Crippen LogP contribution in [0.4, 0.5) is 0 Å². The molecule has 0 unspecified atom stereocenters. The van der Waals surface area contributed by atoms with E-state index in [0.717, 1.165) is 37.5 Å². The van der Waals surface area contributed by atoms with E-state index in [4.69, 9.17) is 16.3 Å². The van der Waals surface area contributed by atoms with Gasteiger partial charge in [-0.15, -0.1) is 0 Å². The van der Waals surface area contributed by atoms with Crippen molar-refractivity contribution < 1.29 is 19.4 Å². The number of fused-ring (bicyclic) bond motifs is 2. The molecule has 1 aromatic carbocycles. The van der Waals surface area contributed by atoms with E-state index in [2.05, 4.69) is 4.90 Å². The first kappa shape index (κ1) is 17.8. The quantitative estimate of drug-likeness (QED) is 0.866. The highest BCUT2D eigenvalue weighted by Gasteiger charge is 2.56. The molecule has 7 heteroatoms. The molecule has 4 atom stereocenters. The maximum atomic E-state index is 13.0. The van der Waals surface area contributed by atoms with E-state index in [9.17, 15) is 14.7 Å². The fourth-order valence-electron chi connectivity index (χ4n) is 4.49. The number of hydrogen-bond donors (Lipinski definition) is 1. The Morgan fingerprint density at radius 1 is 1.04 bits per heavy atom. The Morgan fingerprint density at radius 2 is 1.65 bits per heavy atom. The fourth-order valence-corrected chi connectivity index (χ4v) is 4.62. The van der Waals surface area contributed by atoms with E-state index < -0.39 is 17.8 Å². The number of carboxylic acid groups (broad SMARTS) is 1. The molecule has 1 N–H and O–H groups in total. The van der Waals surface area contributed by atoms with Gasteiger partial charge in [-0.3, -0.25) is 14.5 Å². The highest BCUT2D eigenvalue weighted by molar-refractivity contribution is 6.30. The number of halogens is 1. The van der Waals surface area contributed by atoms with Gasteiger partial charge < -0.3 is 14.7 Å². The van der Waals surface area contributed by atoms with Crippen LogP contribution in [-0.4, -0.2) is 65.2 Å². The van der Waals surface area contributed by atoms with Gasteiger partial charge in [-0.05, 0) is 30.5 Å². The van der Waals surface area contributed by atoms with Crippen molar-refractivity contribution >= 4 is 23.5 Å². The van der Waals surface area contributed by atoms with Gasteiger partial charge in [0.25, 0.3) is 0 Å². The number of carbonyl (C=O) groups excluding carboxylic acids is 1. The van der Waals surface area contributed by atoms with Crippen molar-refractivity contribution in [2.45, 2.75) is 31.6 Å². The molecule has 1 aromatic rings. The zero-order valence-electron chi connectivity index (χ0n) is 14.5. The average molecular weight is 379 g/mol. The zero-order chi connectivity index (χ0) is 18.3. The SMILES string of the molecule is O=C(O)[C@@H]1[C@H](C(=O)N2CCN(Cc3ccc(Cl)cc3)CC2)[C@@H]2CC[C@@H]1O2. The van der Waals surface area contributed by atoms with Gasteiger partial charge in [0.1, 0.15) is 0 Å². The second kappa shape index (κ2) is 7.18. The van der Waals surface area contributed by atoms with Crippen molar-refractivity contribution in [2.75, 3.05) is 26.2 Å². The standard InChI is InChI=1S/C19H23ClN2O4/c20-13-3-1-12(2-4-13)11-21-7-9-22(10-8-21)18(23)16-14-5-6-15(26-14)17(16)19(24)25/h1-4,14-17H,5-11H2,(H,24,25)/t14-,15-,16+,17-/m0/s1. The van der Waals surface area contributed by atoms with Gasteiger partial charge in [0, 0.05) is 37.7 Å². The molecular formula is C19H23ClN2O4. The lowest BCUT2D eigenvalue weighted by molar-refractivity contribution is -0.151. The first-order valence-electron chi connectivity index (χ1n) is 9.17. The Morgan fingerprint density at radius 3 is 2.27 bits per heavy atom. The predicted octanol–water partition coefficient (Wildman–Crippen LogP) is 1.86. The molecular weight excluding hydrogens is 356 g/mol. The lowest BCUT2D eigenvalue weighted by Crippen LogP contribution is -2.53. The van der Waals surface area contributed by atoms with Crippen LogP contribution in [0.1, 0.15) is 18.4 Å². The molecule has 3 saturated heterocycles. The van der Waals surface area contributed by atoms with Gasteiger partial charge in [-0.25, -0.2) is 0 Å². The summed E-state index contributed by atoms with van der Waals surface area (Å²) < 4.78 is 5.73. The van der Waals surface area contributed by atoms with Crippen LogP contribution in [0.3, 0.4) is 0 Å². The Balaban J connectivity index is 1.35. The van der Waals surface area contributed by atoms with E-state index in [1.807, 2.05) is 29.2 Å². The number of benzene rings is 1. The second-order valence-electron chi connectivity index (χ2n) is 7.41. The van der Waals surface area contributed by atoms with Crippen molar-refractivity contribution in [1.82, 2.24) is 9.80 Å². The Bertz CT molecular complexity index is 687. The van der Waals surface area contributed by atoms with Crippen LogP contribution in [0.25, 0.3) is 0 Å².